The molecule has 9 heteroatoms. The van der Waals surface area contributed by atoms with Crippen LogP contribution in [0.25, 0.3) is 0 Å². The van der Waals surface area contributed by atoms with E-state index in [1.807, 2.05) is 0 Å². The first-order chi connectivity index (χ1) is 13.0. The SMILES string of the molecule is COCCOCC(C)(C)C(=N)CC(=O)NC(=O)C(C)(C)S(=O)CC1CCOC1. The van der Waals surface area contributed by atoms with Gasteiger partial charge in [-0.15, -0.1) is 0 Å². The summed E-state index contributed by atoms with van der Waals surface area (Å²) in [6.45, 7) is 9.10. The molecule has 2 amide bonds. The fourth-order valence-electron chi connectivity index (χ4n) is 2.52. The Morgan fingerprint density at radius 1 is 1.25 bits per heavy atom. The number of methoxy groups -OCH3 is 1. The van der Waals surface area contributed by atoms with Gasteiger partial charge < -0.3 is 19.6 Å². The van der Waals surface area contributed by atoms with E-state index in [4.69, 9.17) is 19.6 Å². The average Bonchev–Trinajstić information content (AvgIpc) is 3.11. The van der Waals surface area contributed by atoms with Crippen molar-refractivity contribution in [2.24, 2.45) is 11.3 Å². The predicted octanol–water partition coefficient (Wildman–Crippen LogP) is 1.29. The van der Waals surface area contributed by atoms with E-state index >= 15 is 0 Å². The van der Waals surface area contributed by atoms with Crippen LogP contribution < -0.4 is 5.32 Å². The summed E-state index contributed by atoms with van der Waals surface area (Å²) in [5.74, 6) is -0.613. The van der Waals surface area contributed by atoms with Crippen LogP contribution >= 0.6 is 0 Å². The van der Waals surface area contributed by atoms with Gasteiger partial charge in [-0.2, -0.15) is 0 Å². The molecule has 8 nitrogen and oxygen atoms in total. The van der Waals surface area contributed by atoms with E-state index in [0.29, 0.717) is 32.2 Å². The lowest BCUT2D eigenvalue weighted by atomic mass is 9.86. The van der Waals surface area contributed by atoms with Gasteiger partial charge in [-0.25, -0.2) is 0 Å². The molecule has 162 valence electrons. The fraction of sp³-hybridized carbons (Fsp3) is 0.842. The van der Waals surface area contributed by atoms with Crippen LogP contribution in [0.1, 0.15) is 40.5 Å². The van der Waals surface area contributed by atoms with Gasteiger partial charge in [0.1, 0.15) is 4.75 Å². The Bertz CT molecular complexity index is 585. The number of amides is 2. The highest BCUT2D eigenvalue weighted by Gasteiger charge is 2.37. The van der Waals surface area contributed by atoms with E-state index in [-0.39, 0.29) is 24.7 Å². The zero-order valence-corrected chi connectivity index (χ0v) is 18.4. The Balaban J connectivity index is 2.52. The lowest BCUT2D eigenvalue weighted by Crippen LogP contribution is -2.49. The molecule has 1 rings (SSSR count). The van der Waals surface area contributed by atoms with Crippen molar-refractivity contribution < 1.29 is 28.0 Å². The van der Waals surface area contributed by atoms with Gasteiger partial charge in [-0.1, -0.05) is 13.8 Å². The van der Waals surface area contributed by atoms with Crippen LogP contribution in [0.3, 0.4) is 0 Å². The Hall–Kier alpha value is -1.16. The molecule has 0 aromatic carbocycles. The van der Waals surface area contributed by atoms with E-state index in [9.17, 15) is 13.8 Å². The molecule has 0 spiro atoms. The molecule has 1 aliphatic heterocycles. The second-order valence-corrected chi connectivity index (χ2v) is 10.3. The van der Waals surface area contributed by atoms with Gasteiger partial charge >= 0.3 is 0 Å². The molecule has 0 saturated carbocycles. The quantitative estimate of drug-likeness (QED) is 0.365. The van der Waals surface area contributed by atoms with Gasteiger partial charge in [0.25, 0.3) is 0 Å². The molecule has 2 unspecified atom stereocenters. The number of rotatable bonds is 12. The summed E-state index contributed by atoms with van der Waals surface area (Å²) in [5.41, 5.74) is -0.480. The summed E-state index contributed by atoms with van der Waals surface area (Å²) in [4.78, 5) is 24.7. The maximum Gasteiger partial charge on any atom is 0.244 e. The molecule has 1 aliphatic rings. The van der Waals surface area contributed by atoms with Crippen LogP contribution in [0.15, 0.2) is 0 Å². The number of imide groups is 1. The van der Waals surface area contributed by atoms with E-state index in [1.165, 1.54) is 0 Å². The minimum Gasteiger partial charge on any atom is -0.382 e. The zero-order valence-electron chi connectivity index (χ0n) is 17.6. The lowest BCUT2D eigenvalue weighted by molar-refractivity contribution is -0.130. The first kappa shape index (κ1) is 24.9. The van der Waals surface area contributed by atoms with Crippen LogP contribution in [0.2, 0.25) is 0 Å². The highest BCUT2D eigenvalue weighted by atomic mass is 32.2. The molecule has 0 aromatic heterocycles. The molecule has 1 fully saturated rings. The Kier molecular flexibility index (Phi) is 9.89. The van der Waals surface area contributed by atoms with Crippen molar-refractivity contribution in [3.05, 3.63) is 0 Å². The van der Waals surface area contributed by atoms with Crippen molar-refractivity contribution >= 4 is 28.3 Å². The lowest BCUT2D eigenvalue weighted by Gasteiger charge is -2.26. The highest BCUT2D eigenvalue weighted by molar-refractivity contribution is 7.87. The fourth-order valence-corrected chi connectivity index (χ4v) is 3.88. The van der Waals surface area contributed by atoms with E-state index in [1.54, 1.807) is 34.8 Å². The van der Waals surface area contributed by atoms with Crippen LogP contribution in [0, 0.1) is 16.7 Å². The first-order valence-corrected chi connectivity index (χ1v) is 10.8. The number of carbonyl (C=O) groups excluding carboxylic acids is 2. The van der Waals surface area contributed by atoms with Crippen LogP contribution in [0.5, 0.6) is 0 Å². The van der Waals surface area contributed by atoms with Crippen molar-refractivity contribution in [3.63, 3.8) is 0 Å². The Labute approximate surface area is 170 Å². The number of ether oxygens (including phenoxy) is 3. The van der Waals surface area contributed by atoms with Crippen molar-refractivity contribution in [2.75, 3.05) is 45.9 Å². The molecular formula is C19H34N2O6S. The monoisotopic (exact) mass is 418 g/mol. The van der Waals surface area contributed by atoms with Gasteiger partial charge in [-0.3, -0.25) is 19.1 Å². The molecule has 1 heterocycles. The maximum atomic E-state index is 12.6. The predicted molar refractivity (Wildman–Crippen MR) is 108 cm³/mol. The van der Waals surface area contributed by atoms with Crippen LogP contribution in [0.4, 0.5) is 0 Å². The minimum absolute atomic E-state index is 0.164. The largest absolute Gasteiger partial charge is 0.382 e. The van der Waals surface area contributed by atoms with E-state index in [0.717, 1.165) is 6.42 Å². The van der Waals surface area contributed by atoms with Crippen molar-refractivity contribution in [1.82, 2.24) is 5.32 Å². The van der Waals surface area contributed by atoms with E-state index < -0.39 is 32.8 Å². The molecule has 0 aliphatic carbocycles. The van der Waals surface area contributed by atoms with Crippen LogP contribution in [-0.2, 0) is 34.6 Å². The summed E-state index contributed by atoms with van der Waals surface area (Å²) < 4.78 is 27.1. The summed E-state index contributed by atoms with van der Waals surface area (Å²) in [6.07, 6.45) is 0.618. The van der Waals surface area contributed by atoms with Gasteiger partial charge in [0.05, 0.1) is 32.8 Å². The standard InChI is InChI=1S/C19H34N2O6S/c1-18(2,13-27-9-8-25-5)15(20)10-16(22)21-17(23)19(3,4)28(24)12-14-6-7-26-11-14/h14,20H,6-13H2,1-5H3,(H,21,22,23). The third kappa shape index (κ3) is 7.69. The topological polar surface area (TPSA) is 115 Å². The Morgan fingerprint density at radius 3 is 2.50 bits per heavy atom. The van der Waals surface area contributed by atoms with Crippen molar-refractivity contribution in [1.29, 1.82) is 5.41 Å². The van der Waals surface area contributed by atoms with Gasteiger partial charge in [0, 0.05) is 41.4 Å². The average molecular weight is 419 g/mol. The second kappa shape index (κ2) is 11.1. The Morgan fingerprint density at radius 2 is 1.93 bits per heavy atom. The summed E-state index contributed by atoms with van der Waals surface area (Å²) in [5, 5.41) is 10.5. The number of carbonyl (C=O) groups is 2. The summed E-state index contributed by atoms with van der Waals surface area (Å²) in [7, 11) is 0.145. The van der Waals surface area contributed by atoms with Crippen molar-refractivity contribution in [3.8, 4) is 0 Å². The third-order valence-electron chi connectivity index (χ3n) is 4.83. The molecule has 2 atom stereocenters. The zero-order chi connectivity index (χ0) is 21.4. The molecule has 0 aromatic rings. The summed E-state index contributed by atoms with van der Waals surface area (Å²) >= 11 is 0. The number of hydrogen-bond acceptors (Lipinski definition) is 7. The van der Waals surface area contributed by atoms with Gasteiger partial charge in [0.15, 0.2) is 0 Å². The molecular weight excluding hydrogens is 384 g/mol. The van der Waals surface area contributed by atoms with Gasteiger partial charge in [-0.05, 0) is 26.2 Å². The van der Waals surface area contributed by atoms with Crippen LogP contribution in [-0.4, -0.2) is 72.4 Å². The minimum atomic E-state index is -1.43. The highest BCUT2D eigenvalue weighted by Crippen LogP contribution is 2.22. The summed E-state index contributed by atoms with van der Waals surface area (Å²) in [6, 6.07) is 0. The normalized spacial score (nSPS) is 18.7. The molecule has 2 N–H and O–H groups in total. The molecule has 1 saturated heterocycles. The van der Waals surface area contributed by atoms with E-state index in [2.05, 4.69) is 5.32 Å². The van der Waals surface area contributed by atoms with Crippen molar-refractivity contribution in [2.45, 2.75) is 45.3 Å². The maximum absolute atomic E-state index is 12.6. The first-order valence-electron chi connectivity index (χ1n) is 9.45. The molecule has 28 heavy (non-hydrogen) atoms. The smallest absolute Gasteiger partial charge is 0.244 e. The molecule has 0 radical (unpaired) electrons. The second-order valence-electron chi connectivity index (χ2n) is 8.21. The third-order valence-corrected chi connectivity index (χ3v) is 6.93. The van der Waals surface area contributed by atoms with Gasteiger partial charge in [0.2, 0.25) is 11.8 Å². The number of hydrogen-bond donors (Lipinski definition) is 2. The molecule has 0 bridgehead atoms. The number of nitrogens with one attached hydrogen (secondary N) is 2.